The number of nitrogens with two attached hydrogens (primary N) is 1. The van der Waals surface area contributed by atoms with Gasteiger partial charge in [0.05, 0.1) is 11.0 Å². The fraction of sp³-hybridized carbons (Fsp3) is 0.417. The Bertz CT molecular complexity index is 535. The highest BCUT2D eigenvalue weighted by Gasteiger charge is 2.26. The molecule has 0 spiro atoms. The molecule has 1 aromatic carbocycles. The number of carbonyl (C=O) groups is 1. The fourth-order valence-electron chi connectivity index (χ4n) is 1.70. The van der Waals surface area contributed by atoms with Crippen LogP contribution in [0.3, 0.4) is 0 Å². The average Bonchev–Trinajstić information content (AvgIpc) is 2.36. The normalized spacial score (nSPS) is 13.8. The molecule has 0 bridgehead atoms. The van der Waals surface area contributed by atoms with Crippen molar-refractivity contribution in [1.82, 2.24) is 0 Å². The minimum Gasteiger partial charge on any atom is -0.393 e. The van der Waals surface area contributed by atoms with Crippen molar-refractivity contribution in [3.05, 3.63) is 33.4 Å². The topological polar surface area (TPSA) is 127 Å². The van der Waals surface area contributed by atoms with Crippen LogP contribution in [0.15, 0.2) is 12.1 Å². The van der Waals surface area contributed by atoms with Gasteiger partial charge in [-0.15, -0.1) is 0 Å². The van der Waals surface area contributed by atoms with Crippen molar-refractivity contribution in [2.24, 2.45) is 0 Å². The molecule has 0 aliphatic rings. The highest BCUT2D eigenvalue weighted by atomic mass is 32.2. The fourth-order valence-corrected chi connectivity index (χ4v) is 2.29. The Morgan fingerprint density at radius 1 is 1.50 bits per heavy atom. The van der Waals surface area contributed by atoms with Gasteiger partial charge >= 0.3 is 0 Å². The number of aryl methyl sites for hydroxylation is 1. The van der Waals surface area contributed by atoms with Gasteiger partial charge in [-0.1, -0.05) is 17.8 Å². The van der Waals surface area contributed by atoms with E-state index in [9.17, 15) is 25.1 Å². The summed E-state index contributed by atoms with van der Waals surface area (Å²) in [7, 11) is 0. The molecule has 0 saturated carbocycles. The lowest BCUT2D eigenvalue weighted by Crippen LogP contribution is -2.22. The lowest BCUT2D eigenvalue weighted by atomic mass is 10.00. The maximum absolute atomic E-state index is 10.9. The third-order valence-electron chi connectivity index (χ3n) is 2.67. The molecule has 8 heteroatoms. The lowest BCUT2D eigenvalue weighted by molar-refractivity contribution is -0.384. The molecule has 110 valence electrons. The van der Waals surface area contributed by atoms with Gasteiger partial charge in [0.15, 0.2) is 5.12 Å². The van der Waals surface area contributed by atoms with E-state index in [-0.39, 0.29) is 27.8 Å². The Balaban J connectivity index is 3.06. The van der Waals surface area contributed by atoms with E-state index in [2.05, 4.69) is 0 Å². The van der Waals surface area contributed by atoms with Crippen molar-refractivity contribution in [3.8, 4) is 0 Å². The van der Waals surface area contributed by atoms with Gasteiger partial charge in [0.25, 0.3) is 5.69 Å². The minimum absolute atomic E-state index is 0.0162. The first-order valence-corrected chi connectivity index (χ1v) is 6.76. The van der Waals surface area contributed by atoms with Crippen LogP contribution in [0.2, 0.25) is 0 Å². The van der Waals surface area contributed by atoms with Crippen LogP contribution in [0.5, 0.6) is 0 Å². The number of nitrogens with zero attached hydrogens (tertiary/aromatic N) is 1. The molecule has 0 aliphatic carbocycles. The van der Waals surface area contributed by atoms with Crippen LogP contribution in [0.4, 0.5) is 11.4 Å². The molecule has 1 rings (SSSR count). The highest BCUT2D eigenvalue weighted by Crippen LogP contribution is 2.33. The Morgan fingerprint density at radius 3 is 2.60 bits per heavy atom. The van der Waals surface area contributed by atoms with E-state index in [1.54, 1.807) is 6.92 Å². The zero-order chi connectivity index (χ0) is 15.4. The summed E-state index contributed by atoms with van der Waals surface area (Å²) in [5.41, 5.74) is 5.80. The first kappa shape index (κ1) is 16.4. The maximum atomic E-state index is 10.9. The monoisotopic (exact) mass is 300 g/mol. The molecule has 0 radical (unpaired) electrons. The van der Waals surface area contributed by atoms with E-state index >= 15 is 0 Å². The third-order valence-corrected chi connectivity index (χ3v) is 3.59. The molecule has 2 unspecified atom stereocenters. The molecule has 0 saturated heterocycles. The van der Waals surface area contributed by atoms with Gasteiger partial charge in [-0.2, -0.15) is 0 Å². The number of hydrogen-bond donors (Lipinski definition) is 3. The van der Waals surface area contributed by atoms with Crippen LogP contribution < -0.4 is 5.73 Å². The maximum Gasteiger partial charge on any atom is 0.292 e. The molecular formula is C12H16N2O5S. The Kier molecular flexibility index (Phi) is 5.49. The largest absolute Gasteiger partial charge is 0.393 e. The summed E-state index contributed by atoms with van der Waals surface area (Å²) in [6, 6.07) is 2.77. The number of anilines is 1. The Labute approximate surface area is 119 Å². The number of carbonyl (C=O) groups excluding carboxylic acids is 1. The molecular weight excluding hydrogens is 284 g/mol. The molecule has 0 amide bonds. The first-order chi connectivity index (χ1) is 9.23. The van der Waals surface area contributed by atoms with Crippen molar-refractivity contribution in [3.63, 3.8) is 0 Å². The van der Waals surface area contributed by atoms with Crippen LogP contribution in [0.25, 0.3) is 0 Å². The van der Waals surface area contributed by atoms with Crippen molar-refractivity contribution >= 4 is 28.3 Å². The van der Waals surface area contributed by atoms with E-state index in [4.69, 9.17) is 5.73 Å². The van der Waals surface area contributed by atoms with Crippen LogP contribution in [-0.2, 0) is 4.79 Å². The second kappa shape index (κ2) is 6.69. The number of aliphatic hydroxyl groups is 2. The second-order valence-electron chi connectivity index (χ2n) is 4.36. The zero-order valence-corrected chi connectivity index (χ0v) is 11.9. The van der Waals surface area contributed by atoms with E-state index in [0.717, 1.165) is 11.8 Å². The van der Waals surface area contributed by atoms with Gasteiger partial charge in [-0.3, -0.25) is 14.9 Å². The van der Waals surface area contributed by atoms with Gasteiger partial charge in [-0.05, 0) is 12.5 Å². The highest BCUT2D eigenvalue weighted by molar-refractivity contribution is 8.13. The van der Waals surface area contributed by atoms with E-state index in [1.807, 2.05) is 0 Å². The number of nitrogen functional groups attached to an aromatic ring is 1. The summed E-state index contributed by atoms with van der Waals surface area (Å²) in [5, 5.41) is 30.5. The molecule has 1 aromatic rings. The number of thioether (sulfide) groups is 1. The van der Waals surface area contributed by atoms with E-state index < -0.39 is 17.1 Å². The smallest absolute Gasteiger partial charge is 0.292 e. The van der Waals surface area contributed by atoms with Crippen molar-refractivity contribution < 1.29 is 19.9 Å². The minimum atomic E-state index is -1.39. The molecule has 7 nitrogen and oxygen atoms in total. The number of benzene rings is 1. The summed E-state index contributed by atoms with van der Waals surface area (Å²) in [4.78, 5) is 21.1. The number of rotatable bonds is 5. The summed E-state index contributed by atoms with van der Waals surface area (Å²) < 4.78 is 0. The standard InChI is InChI=1S/C12H16N2O5S/c1-6-3-8(11(13)9(4-6)14(18)19)12(17)10(16)5-20-7(2)15/h3-4,10,12,16-17H,5,13H2,1-2H3. The van der Waals surface area contributed by atoms with Gasteiger partial charge < -0.3 is 15.9 Å². The van der Waals surface area contributed by atoms with Crippen LogP contribution >= 0.6 is 11.8 Å². The van der Waals surface area contributed by atoms with Crippen LogP contribution in [0, 0.1) is 17.0 Å². The van der Waals surface area contributed by atoms with Crippen LogP contribution in [-0.4, -0.2) is 32.1 Å². The first-order valence-electron chi connectivity index (χ1n) is 5.78. The third kappa shape index (κ3) is 3.92. The molecule has 20 heavy (non-hydrogen) atoms. The quantitative estimate of drug-likeness (QED) is 0.423. The molecule has 2 atom stereocenters. The van der Waals surface area contributed by atoms with Gasteiger partial charge in [-0.25, -0.2) is 0 Å². The Morgan fingerprint density at radius 2 is 2.10 bits per heavy atom. The number of nitro benzene ring substituents is 1. The number of hydrogen-bond acceptors (Lipinski definition) is 7. The second-order valence-corrected chi connectivity index (χ2v) is 5.56. The molecule has 0 aliphatic heterocycles. The van der Waals surface area contributed by atoms with Crippen molar-refractivity contribution in [2.45, 2.75) is 26.1 Å². The summed E-state index contributed by atoms with van der Waals surface area (Å²) in [6.45, 7) is 2.97. The van der Waals surface area contributed by atoms with Gasteiger partial charge in [0.2, 0.25) is 0 Å². The van der Waals surface area contributed by atoms with Crippen molar-refractivity contribution in [2.75, 3.05) is 11.5 Å². The molecule has 0 fully saturated rings. The lowest BCUT2D eigenvalue weighted by Gasteiger charge is -2.19. The van der Waals surface area contributed by atoms with Gasteiger partial charge in [0.1, 0.15) is 11.8 Å². The predicted molar refractivity (Wildman–Crippen MR) is 76.4 cm³/mol. The SMILES string of the molecule is CC(=O)SCC(O)C(O)c1cc(C)cc([N+](=O)[O-])c1N. The number of aliphatic hydroxyl groups excluding tert-OH is 2. The van der Waals surface area contributed by atoms with E-state index in [0.29, 0.717) is 5.56 Å². The van der Waals surface area contributed by atoms with Gasteiger partial charge in [0, 0.05) is 24.3 Å². The van der Waals surface area contributed by atoms with Crippen LogP contribution in [0.1, 0.15) is 24.2 Å². The molecule has 4 N–H and O–H groups in total. The molecule has 0 aromatic heterocycles. The average molecular weight is 300 g/mol. The van der Waals surface area contributed by atoms with Crippen molar-refractivity contribution in [1.29, 1.82) is 0 Å². The summed E-state index contributed by atoms with van der Waals surface area (Å²) >= 11 is 0.859. The summed E-state index contributed by atoms with van der Waals surface area (Å²) in [6.07, 6.45) is -2.63. The Hall–Kier alpha value is -1.64. The molecule has 0 heterocycles. The summed E-state index contributed by atoms with van der Waals surface area (Å²) in [5.74, 6) is -0.0162. The van der Waals surface area contributed by atoms with E-state index in [1.165, 1.54) is 19.1 Å². The number of nitro groups is 1. The zero-order valence-electron chi connectivity index (χ0n) is 11.1. The predicted octanol–water partition coefficient (Wildman–Crippen LogP) is 1.16.